The Morgan fingerprint density at radius 3 is 2.50 bits per heavy atom. The molecule has 1 aromatic carbocycles. The van der Waals surface area contributed by atoms with Crippen LogP contribution in [0.4, 0.5) is 11.4 Å². The predicted octanol–water partition coefficient (Wildman–Crippen LogP) is -0.705. The lowest BCUT2D eigenvalue weighted by molar-refractivity contribution is -0.894. The van der Waals surface area contributed by atoms with Crippen LogP contribution in [0.15, 0.2) is 18.2 Å². The quantitative estimate of drug-likeness (QED) is 0.484. The number of carboxylic acids is 1. The molecular formula is C13H19N3O4. The van der Waals surface area contributed by atoms with Crippen molar-refractivity contribution in [2.24, 2.45) is 0 Å². The van der Waals surface area contributed by atoms with Gasteiger partial charge in [-0.2, -0.15) is 0 Å². The topological polar surface area (TPSA) is 99.7 Å². The van der Waals surface area contributed by atoms with Gasteiger partial charge in [-0.05, 0) is 26.0 Å². The third-order valence-corrected chi connectivity index (χ3v) is 3.22. The van der Waals surface area contributed by atoms with Crippen LogP contribution in [0.5, 0.6) is 0 Å². The summed E-state index contributed by atoms with van der Waals surface area (Å²) in [5, 5.41) is 24.7. The molecule has 0 atom stereocenters. The number of anilines is 1. The van der Waals surface area contributed by atoms with E-state index in [1.165, 1.54) is 23.1 Å². The van der Waals surface area contributed by atoms with E-state index in [9.17, 15) is 20.0 Å². The van der Waals surface area contributed by atoms with E-state index in [2.05, 4.69) is 19.2 Å². The van der Waals surface area contributed by atoms with Crippen LogP contribution >= 0.6 is 0 Å². The monoisotopic (exact) mass is 281 g/mol. The van der Waals surface area contributed by atoms with Crippen molar-refractivity contribution >= 4 is 17.3 Å². The van der Waals surface area contributed by atoms with Gasteiger partial charge in [0.05, 0.1) is 42.6 Å². The van der Waals surface area contributed by atoms with Crippen molar-refractivity contribution in [3.05, 3.63) is 33.9 Å². The molecule has 0 aliphatic rings. The van der Waals surface area contributed by atoms with Crippen molar-refractivity contribution in [2.75, 3.05) is 31.5 Å². The van der Waals surface area contributed by atoms with Gasteiger partial charge in [0.25, 0.3) is 5.69 Å². The molecule has 0 spiro atoms. The van der Waals surface area contributed by atoms with E-state index in [0.29, 0.717) is 12.2 Å². The Labute approximate surface area is 117 Å². The maximum Gasteiger partial charge on any atom is 0.278 e. The Morgan fingerprint density at radius 1 is 1.35 bits per heavy atom. The van der Waals surface area contributed by atoms with Crippen molar-refractivity contribution in [3.8, 4) is 0 Å². The number of quaternary nitrogens is 1. The molecule has 0 saturated carbocycles. The summed E-state index contributed by atoms with van der Waals surface area (Å²) >= 11 is 0. The number of hydrogen-bond acceptors (Lipinski definition) is 5. The molecule has 0 bridgehead atoms. The highest BCUT2D eigenvalue weighted by atomic mass is 16.6. The number of nitro groups is 1. The Bertz CT molecular complexity index is 487. The minimum absolute atomic E-state index is 0.407. The summed E-state index contributed by atoms with van der Waals surface area (Å²) in [6.45, 7) is 7.79. The summed E-state index contributed by atoms with van der Waals surface area (Å²) in [4.78, 5) is 22.3. The standard InChI is InChI=1S/C13H19N3O4/c1-3-15(4-2)8-7-14-10-5-6-12(16(19)20)11(9-10)13(17)18/h5-6,9,14H,3-4,7-8H2,1-2H3,(H,17,18). The van der Waals surface area contributed by atoms with Gasteiger partial charge in [0.2, 0.25) is 0 Å². The minimum Gasteiger partial charge on any atom is -0.545 e. The first-order valence-electron chi connectivity index (χ1n) is 6.56. The van der Waals surface area contributed by atoms with Crippen LogP contribution in [0.3, 0.4) is 0 Å². The second kappa shape index (κ2) is 7.44. The molecule has 0 saturated heterocycles. The van der Waals surface area contributed by atoms with Gasteiger partial charge in [0.15, 0.2) is 0 Å². The number of nitro benzene ring substituents is 1. The number of carbonyl (C=O) groups excluding carboxylic acids is 1. The lowest BCUT2D eigenvalue weighted by Gasteiger charge is -2.16. The molecule has 0 unspecified atom stereocenters. The molecule has 0 aliphatic heterocycles. The summed E-state index contributed by atoms with van der Waals surface area (Å²) in [5.74, 6) is -1.55. The number of carboxylic acid groups (broad SMARTS) is 1. The van der Waals surface area contributed by atoms with Crippen molar-refractivity contribution in [3.63, 3.8) is 0 Å². The molecule has 0 fully saturated rings. The van der Waals surface area contributed by atoms with Gasteiger partial charge < -0.3 is 20.1 Å². The maximum atomic E-state index is 10.9. The maximum absolute atomic E-state index is 10.9. The lowest BCUT2D eigenvalue weighted by atomic mass is 10.1. The average molecular weight is 281 g/mol. The molecule has 0 radical (unpaired) electrons. The van der Waals surface area contributed by atoms with Gasteiger partial charge in [0.1, 0.15) is 0 Å². The van der Waals surface area contributed by atoms with E-state index in [0.717, 1.165) is 19.6 Å². The lowest BCUT2D eigenvalue weighted by Crippen LogP contribution is -3.12. The molecule has 0 heterocycles. The molecule has 7 nitrogen and oxygen atoms in total. The fourth-order valence-corrected chi connectivity index (χ4v) is 1.96. The van der Waals surface area contributed by atoms with Crippen molar-refractivity contribution < 1.29 is 19.7 Å². The summed E-state index contributed by atoms with van der Waals surface area (Å²) in [7, 11) is 0. The molecule has 2 N–H and O–H groups in total. The van der Waals surface area contributed by atoms with E-state index in [4.69, 9.17) is 0 Å². The first-order valence-corrected chi connectivity index (χ1v) is 6.56. The number of likely N-dealkylation sites (N-methyl/N-ethyl adjacent to an activating group) is 1. The molecule has 0 aliphatic carbocycles. The largest absolute Gasteiger partial charge is 0.545 e. The Hall–Kier alpha value is -2.15. The molecule has 20 heavy (non-hydrogen) atoms. The molecule has 110 valence electrons. The number of nitrogens with one attached hydrogen (secondary N) is 2. The Morgan fingerprint density at radius 2 is 2.00 bits per heavy atom. The number of benzene rings is 1. The Balaban J connectivity index is 2.75. The van der Waals surface area contributed by atoms with Crippen LogP contribution in [0.1, 0.15) is 24.2 Å². The van der Waals surface area contributed by atoms with Gasteiger partial charge in [-0.3, -0.25) is 10.1 Å². The highest BCUT2D eigenvalue weighted by Crippen LogP contribution is 2.21. The zero-order valence-corrected chi connectivity index (χ0v) is 11.6. The number of hydrogen-bond donors (Lipinski definition) is 2. The first-order chi connectivity index (χ1) is 9.49. The van der Waals surface area contributed by atoms with Gasteiger partial charge in [0, 0.05) is 11.8 Å². The predicted molar refractivity (Wildman–Crippen MR) is 72.8 cm³/mol. The molecule has 1 rings (SSSR count). The summed E-state index contributed by atoms with van der Waals surface area (Å²) in [6.07, 6.45) is 0. The Kier molecular flexibility index (Phi) is 5.92. The van der Waals surface area contributed by atoms with Gasteiger partial charge in [-0.1, -0.05) is 0 Å². The van der Waals surface area contributed by atoms with Crippen molar-refractivity contribution in [2.45, 2.75) is 13.8 Å². The van der Waals surface area contributed by atoms with Crippen LogP contribution in [0, 0.1) is 10.1 Å². The summed E-state index contributed by atoms with van der Waals surface area (Å²) < 4.78 is 0. The average Bonchev–Trinajstić information content (AvgIpc) is 2.43. The second-order valence-corrected chi connectivity index (χ2v) is 4.41. The molecule has 1 aromatic rings. The molecule has 0 amide bonds. The SMILES string of the molecule is CC[NH+](CC)CCNc1ccc([N+](=O)[O-])c(C(=O)[O-])c1. The van der Waals surface area contributed by atoms with E-state index >= 15 is 0 Å². The number of nitrogens with zero attached hydrogens (tertiary/aromatic N) is 1. The normalized spacial score (nSPS) is 10.6. The molecule has 7 heteroatoms. The molecule has 0 aromatic heterocycles. The van der Waals surface area contributed by atoms with E-state index in [-0.39, 0.29) is 0 Å². The third kappa shape index (κ3) is 4.20. The van der Waals surface area contributed by atoms with Crippen LogP contribution in [0.2, 0.25) is 0 Å². The number of aromatic carboxylic acids is 1. The molecular weight excluding hydrogens is 262 g/mol. The van der Waals surface area contributed by atoms with Crippen LogP contribution < -0.4 is 15.3 Å². The third-order valence-electron chi connectivity index (χ3n) is 3.22. The van der Waals surface area contributed by atoms with Crippen molar-refractivity contribution in [1.29, 1.82) is 0 Å². The van der Waals surface area contributed by atoms with E-state index < -0.39 is 22.1 Å². The zero-order valence-electron chi connectivity index (χ0n) is 11.6. The fourth-order valence-electron chi connectivity index (χ4n) is 1.96. The van der Waals surface area contributed by atoms with Crippen LogP contribution in [0.25, 0.3) is 0 Å². The van der Waals surface area contributed by atoms with E-state index in [1.54, 1.807) is 0 Å². The van der Waals surface area contributed by atoms with Crippen molar-refractivity contribution in [1.82, 2.24) is 0 Å². The number of rotatable bonds is 8. The number of carbonyl (C=O) groups is 1. The minimum atomic E-state index is -1.55. The highest BCUT2D eigenvalue weighted by Gasteiger charge is 2.15. The summed E-state index contributed by atoms with van der Waals surface area (Å²) in [5.41, 5.74) is -0.318. The second-order valence-electron chi connectivity index (χ2n) is 4.41. The van der Waals surface area contributed by atoms with Gasteiger partial charge >= 0.3 is 0 Å². The highest BCUT2D eigenvalue weighted by molar-refractivity contribution is 5.92. The first kappa shape index (κ1) is 15.9. The fraction of sp³-hybridized carbons (Fsp3) is 0.462. The zero-order chi connectivity index (χ0) is 15.1. The summed E-state index contributed by atoms with van der Waals surface area (Å²) in [6, 6.07) is 3.92. The van der Waals surface area contributed by atoms with Gasteiger partial charge in [-0.15, -0.1) is 0 Å². The van der Waals surface area contributed by atoms with Crippen LogP contribution in [-0.4, -0.2) is 37.1 Å². The van der Waals surface area contributed by atoms with Gasteiger partial charge in [-0.25, -0.2) is 0 Å². The van der Waals surface area contributed by atoms with Crippen LogP contribution in [-0.2, 0) is 0 Å². The smallest absolute Gasteiger partial charge is 0.278 e. The van der Waals surface area contributed by atoms with E-state index in [1.807, 2.05) is 0 Å².